The van der Waals surface area contributed by atoms with Crippen molar-refractivity contribution in [2.24, 2.45) is 10.9 Å². The number of nitrogens with zero attached hydrogens (tertiary/aromatic N) is 3. The van der Waals surface area contributed by atoms with Gasteiger partial charge in [-0.05, 0) is 26.2 Å². The van der Waals surface area contributed by atoms with E-state index in [-0.39, 0.29) is 0 Å². The van der Waals surface area contributed by atoms with Crippen molar-refractivity contribution in [1.82, 2.24) is 9.78 Å². The zero-order chi connectivity index (χ0) is 13.1. The highest BCUT2D eigenvalue weighted by Crippen LogP contribution is 2.23. The molecule has 18 heavy (non-hydrogen) atoms. The van der Waals surface area contributed by atoms with Crippen molar-refractivity contribution in [1.29, 1.82) is 0 Å². The Bertz CT molecular complexity index is 422. The fourth-order valence-electron chi connectivity index (χ4n) is 1.89. The molecule has 1 aromatic heterocycles. The summed E-state index contributed by atoms with van der Waals surface area (Å²) >= 11 is 1.80. The van der Waals surface area contributed by atoms with E-state index in [4.69, 9.17) is 4.99 Å². The van der Waals surface area contributed by atoms with E-state index in [1.807, 2.05) is 17.1 Å². The summed E-state index contributed by atoms with van der Waals surface area (Å²) < 4.78 is 1.95. The van der Waals surface area contributed by atoms with Crippen LogP contribution >= 0.6 is 11.8 Å². The average Bonchev–Trinajstić information content (AvgIpc) is 2.78. The Labute approximate surface area is 113 Å². The monoisotopic (exact) mass is 266 g/mol. The molecule has 2 rings (SSSR count). The van der Waals surface area contributed by atoms with Gasteiger partial charge in [-0.15, -0.1) is 0 Å². The van der Waals surface area contributed by atoms with Gasteiger partial charge in [0.05, 0.1) is 17.9 Å². The summed E-state index contributed by atoms with van der Waals surface area (Å²) in [7, 11) is 0. The Hall–Kier alpha value is -0.970. The molecule has 5 heteroatoms. The number of anilines is 1. The number of thioether (sulfide) groups is 1. The van der Waals surface area contributed by atoms with Gasteiger partial charge in [0.15, 0.2) is 5.17 Å². The van der Waals surface area contributed by atoms with Crippen LogP contribution in [-0.2, 0) is 0 Å². The number of hydrogen-bond donors (Lipinski definition) is 1. The first kappa shape index (κ1) is 13.5. The highest BCUT2D eigenvalue weighted by Gasteiger charge is 2.18. The number of rotatable bonds is 3. The zero-order valence-electron chi connectivity index (χ0n) is 11.6. The summed E-state index contributed by atoms with van der Waals surface area (Å²) in [6.45, 7) is 8.72. The second-order valence-electron chi connectivity index (χ2n) is 5.31. The van der Waals surface area contributed by atoms with Crippen molar-refractivity contribution in [3.63, 3.8) is 0 Å². The third-order valence-electron chi connectivity index (χ3n) is 3.09. The van der Waals surface area contributed by atoms with Gasteiger partial charge in [0.1, 0.15) is 0 Å². The Morgan fingerprint density at radius 3 is 2.78 bits per heavy atom. The Balaban J connectivity index is 2.03. The lowest BCUT2D eigenvalue weighted by Crippen LogP contribution is -2.23. The van der Waals surface area contributed by atoms with E-state index in [9.17, 15) is 0 Å². The molecule has 1 N–H and O–H groups in total. The van der Waals surface area contributed by atoms with Gasteiger partial charge >= 0.3 is 0 Å². The standard InChI is InChI=1S/C13H22N4S/c1-9(2)12-5-6-18-13(16-12)15-11-7-14-17(8-11)10(3)4/h7-10,12H,5-6H2,1-4H3,(H,15,16). The first-order chi connectivity index (χ1) is 8.56. The minimum atomic E-state index is 0.393. The Morgan fingerprint density at radius 2 is 2.17 bits per heavy atom. The summed E-state index contributed by atoms with van der Waals surface area (Å²) in [5.74, 6) is 1.76. The van der Waals surface area contributed by atoms with Crippen LogP contribution in [0.3, 0.4) is 0 Å². The fourth-order valence-corrected chi connectivity index (χ4v) is 2.84. The van der Waals surface area contributed by atoms with Crippen molar-refractivity contribution in [3.05, 3.63) is 12.4 Å². The molecule has 1 aliphatic heterocycles. The predicted molar refractivity (Wildman–Crippen MR) is 79.4 cm³/mol. The van der Waals surface area contributed by atoms with Gasteiger partial charge in [-0.3, -0.25) is 9.67 Å². The quantitative estimate of drug-likeness (QED) is 0.912. The van der Waals surface area contributed by atoms with Crippen molar-refractivity contribution in [3.8, 4) is 0 Å². The fraction of sp³-hybridized carbons (Fsp3) is 0.692. The molecule has 0 saturated heterocycles. The number of hydrogen-bond acceptors (Lipinski definition) is 4. The molecule has 0 radical (unpaired) electrons. The van der Waals surface area contributed by atoms with E-state index in [0.29, 0.717) is 18.0 Å². The van der Waals surface area contributed by atoms with E-state index in [1.54, 1.807) is 11.8 Å². The lowest BCUT2D eigenvalue weighted by Gasteiger charge is -2.22. The van der Waals surface area contributed by atoms with Crippen LogP contribution in [0.1, 0.15) is 40.2 Å². The van der Waals surface area contributed by atoms with Gasteiger partial charge in [-0.25, -0.2) is 0 Å². The van der Waals surface area contributed by atoms with Crippen LogP contribution in [0.4, 0.5) is 5.69 Å². The first-order valence-electron chi connectivity index (χ1n) is 6.58. The molecule has 0 amide bonds. The Morgan fingerprint density at radius 1 is 1.39 bits per heavy atom. The first-order valence-corrected chi connectivity index (χ1v) is 7.56. The second kappa shape index (κ2) is 5.78. The zero-order valence-corrected chi connectivity index (χ0v) is 12.4. The molecular formula is C13H22N4S. The molecule has 1 unspecified atom stereocenters. The second-order valence-corrected chi connectivity index (χ2v) is 6.39. The lowest BCUT2D eigenvalue weighted by molar-refractivity contribution is 0.485. The van der Waals surface area contributed by atoms with Gasteiger partial charge in [0.2, 0.25) is 0 Å². The number of amidine groups is 1. The van der Waals surface area contributed by atoms with Crippen molar-refractivity contribution in [2.75, 3.05) is 11.1 Å². The van der Waals surface area contributed by atoms with Crippen LogP contribution in [0.25, 0.3) is 0 Å². The third kappa shape index (κ3) is 3.28. The molecule has 0 saturated carbocycles. The minimum absolute atomic E-state index is 0.393. The molecule has 4 nitrogen and oxygen atoms in total. The van der Waals surface area contributed by atoms with Crippen molar-refractivity contribution < 1.29 is 0 Å². The van der Waals surface area contributed by atoms with Crippen LogP contribution in [0, 0.1) is 5.92 Å². The SMILES string of the molecule is CC(C)C1CCSC(Nc2cnn(C(C)C)c2)=N1. The maximum atomic E-state index is 4.76. The van der Waals surface area contributed by atoms with Gasteiger partial charge in [0.25, 0.3) is 0 Å². The summed E-state index contributed by atoms with van der Waals surface area (Å²) in [5.41, 5.74) is 1.03. The van der Waals surface area contributed by atoms with E-state index < -0.39 is 0 Å². The highest BCUT2D eigenvalue weighted by atomic mass is 32.2. The normalized spacial score (nSPS) is 20.3. The summed E-state index contributed by atoms with van der Waals surface area (Å²) in [4.78, 5) is 4.76. The largest absolute Gasteiger partial charge is 0.332 e. The highest BCUT2D eigenvalue weighted by molar-refractivity contribution is 8.14. The van der Waals surface area contributed by atoms with Crippen molar-refractivity contribution >= 4 is 22.6 Å². The average molecular weight is 266 g/mol. The van der Waals surface area contributed by atoms with Gasteiger partial charge in [-0.2, -0.15) is 5.10 Å². The minimum Gasteiger partial charge on any atom is -0.332 e. The van der Waals surface area contributed by atoms with E-state index in [0.717, 1.165) is 16.6 Å². The number of aromatic nitrogens is 2. The predicted octanol–water partition coefficient (Wildman–Crippen LogP) is 3.39. The maximum Gasteiger partial charge on any atom is 0.161 e. The number of nitrogens with one attached hydrogen (secondary N) is 1. The van der Waals surface area contributed by atoms with Crippen LogP contribution in [-0.4, -0.2) is 26.7 Å². The van der Waals surface area contributed by atoms with E-state index in [1.165, 1.54) is 6.42 Å². The molecule has 1 aromatic rings. The van der Waals surface area contributed by atoms with Crippen molar-refractivity contribution in [2.45, 2.75) is 46.2 Å². The lowest BCUT2D eigenvalue weighted by atomic mass is 10.0. The summed E-state index contributed by atoms with van der Waals surface area (Å²) in [6, 6.07) is 0.846. The summed E-state index contributed by atoms with van der Waals surface area (Å²) in [5, 5.41) is 8.73. The third-order valence-corrected chi connectivity index (χ3v) is 4.01. The molecular weight excluding hydrogens is 244 g/mol. The van der Waals surface area contributed by atoms with E-state index in [2.05, 4.69) is 38.1 Å². The Kier molecular flexibility index (Phi) is 4.32. The molecule has 0 fully saturated rings. The van der Waals surface area contributed by atoms with Crippen LogP contribution in [0.2, 0.25) is 0 Å². The molecule has 0 aromatic carbocycles. The van der Waals surface area contributed by atoms with Gasteiger partial charge in [0, 0.05) is 18.0 Å². The van der Waals surface area contributed by atoms with Crippen LogP contribution in [0.5, 0.6) is 0 Å². The molecule has 0 aliphatic carbocycles. The molecule has 0 bridgehead atoms. The molecule has 1 atom stereocenters. The van der Waals surface area contributed by atoms with Crippen LogP contribution < -0.4 is 5.32 Å². The number of aliphatic imine (C=N–C) groups is 1. The van der Waals surface area contributed by atoms with Gasteiger partial charge < -0.3 is 5.32 Å². The smallest absolute Gasteiger partial charge is 0.161 e. The topological polar surface area (TPSA) is 42.2 Å². The molecule has 100 valence electrons. The van der Waals surface area contributed by atoms with Gasteiger partial charge in [-0.1, -0.05) is 25.6 Å². The maximum absolute atomic E-state index is 4.76. The summed E-state index contributed by atoms with van der Waals surface area (Å²) in [6.07, 6.45) is 5.08. The molecule has 0 spiro atoms. The molecule has 2 heterocycles. The van der Waals surface area contributed by atoms with E-state index >= 15 is 0 Å². The van der Waals surface area contributed by atoms with Crippen LogP contribution in [0.15, 0.2) is 17.4 Å². The molecule has 1 aliphatic rings.